The number of aliphatic hydroxyl groups is 1. The van der Waals surface area contributed by atoms with E-state index in [1.165, 1.54) is 0 Å². The average molecular weight is 241 g/mol. The van der Waals surface area contributed by atoms with Crippen LogP contribution in [0.15, 0.2) is 17.8 Å². The number of nitrogens with zero attached hydrogens (tertiary/aromatic N) is 2. The van der Waals surface area contributed by atoms with Crippen LogP contribution in [0.1, 0.15) is 12.8 Å². The van der Waals surface area contributed by atoms with Crippen molar-refractivity contribution in [2.45, 2.75) is 12.8 Å². The van der Waals surface area contributed by atoms with Crippen LogP contribution in [0.2, 0.25) is 5.15 Å². The maximum Gasteiger partial charge on any atom is 0.223 e. The van der Waals surface area contributed by atoms with Crippen molar-refractivity contribution in [2.75, 3.05) is 17.7 Å². The number of hydrogen-bond donors (Lipinski definition) is 3. The van der Waals surface area contributed by atoms with Gasteiger partial charge in [-0.15, -0.1) is 0 Å². The fraction of sp³-hybridized carbons (Fsp3) is 0.400. The van der Waals surface area contributed by atoms with Crippen molar-refractivity contribution in [3.63, 3.8) is 0 Å². The standard InChI is InChI=1S/C10H13ClN4O/c11-8-4-9(15-10(12)14-8)13-7-3-1-2-6(7)5-16/h3-4,6,16H,1-2,5H2,(H3,12,13,14,15)/t6-/m1/s1. The molecule has 0 aromatic carbocycles. The molecule has 6 heteroatoms. The number of aromatic nitrogens is 2. The fourth-order valence-electron chi connectivity index (χ4n) is 1.75. The van der Waals surface area contributed by atoms with E-state index in [-0.39, 0.29) is 18.5 Å². The van der Waals surface area contributed by atoms with Crippen molar-refractivity contribution in [1.82, 2.24) is 9.97 Å². The van der Waals surface area contributed by atoms with E-state index in [1.54, 1.807) is 6.07 Å². The Morgan fingerprint density at radius 3 is 3.06 bits per heavy atom. The summed E-state index contributed by atoms with van der Waals surface area (Å²) in [5.74, 6) is 0.841. The van der Waals surface area contributed by atoms with Crippen LogP contribution in [-0.4, -0.2) is 21.7 Å². The molecule has 0 aliphatic heterocycles. The van der Waals surface area contributed by atoms with E-state index >= 15 is 0 Å². The van der Waals surface area contributed by atoms with Gasteiger partial charge in [0.15, 0.2) is 0 Å². The minimum absolute atomic E-state index is 0.132. The van der Waals surface area contributed by atoms with Gasteiger partial charge in [-0.3, -0.25) is 0 Å². The highest BCUT2D eigenvalue weighted by Gasteiger charge is 2.18. The van der Waals surface area contributed by atoms with E-state index in [1.807, 2.05) is 6.08 Å². The Balaban J connectivity index is 2.14. The average Bonchev–Trinajstić information content (AvgIpc) is 2.63. The molecule has 1 heterocycles. The predicted octanol–water partition coefficient (Wildman–Crippen LogP) is 1.41. The largest absolute Gasteiger partial charge is 0.396 e. The first-order valence-corrected chi connectivity index (χ1v) is 5.45. The summed E-state index contributed by atoms with van der Waals surface area (Å²) >= 11 is 5.77. The molecule has 5 nitrogen and oxygen atoms in total. The smallest absolute Gasteiger partial charge is 0.223 e. The van der Waals surface area contributed by atoms with Crippen LogP contribution in [0.5, 0.6) is 0 Å². The fourth-order valence-corrected chi connectivity index (χ4v) is 1.94. The molecule has 0 fully saturated rings. The molecule has 1 aliphatic carbocycles. The van der Waals surface area contributed by atoms with E-state index in [4.69, 9.17) is 22.4 Å². The summed E-state index contributed by atoms with van der Waals surface area (Å²) < 4.78 is 0. The summed E-state index contributed by atoms with van der Waals surface area (Å²) in [5, 5.41) is 12.6. The summed E-state index contributed by atoms with van der Waals surface area (Å²) in [6.07, 6.45) is 3.96. The molecule has 1 aromatic heterocycles. The highest BCUT2D eigenvalue weighted by molar-refractivity contribution is 6.29. The normalized spacial score (nSPS) is 19.6. The molecule has 0 radical (unpaired) electrons. The number of hydrogen-bond acceptors (Lipinski definition) is 5. The minimum atomic E-state index is 0.132. The van der Waals surface area contributed by atoms with Gasteiger partial charge in [-0.1, -0.05) is 17.7 Å². The van der Waals surface area contributed by atoms with Crippen molar-refractivity contribution in [2.24, 2.45) is 5.92 Å². The Kier molecular flexibility index (Phi) is 3.26. The Labute approximate surface area is 98.4 Å². The monoisotopic (exact) mass is 240 g/mol. The summed E-state index contributed by atoms with van der Waals surface area (Å²) in [6.45, 7) is 0.132. The molecule has 0 amide bonds. The number of aliphatic hydroxyl groups excluding tert-OH is 1. The third-order valence-electron chi connectivity index (χ3n) is 2.52. The van der Waals surface area contributed by atoms with Crippen molar-refractivity contribution in [3.8, 4) is 0 Å². The molecule has 0 unspecified atom stereocenters. The van der Waals surface area contributed by atoms with Crippen molar-refractivity contribution >= 4 is 23.4 Å². The number of rotatable bonds is 3. The van der Waals surface area contributed by atoms with Gasteiger partial charge in [0, 0.05) is 17.7 Å². The third-order valence-corrected chi connectivity index (χ3v) is 2.72. The molecule has 1 aliphatic rings. The number of anilines is 2. The summed E-state index contributed by atoms with van der Waals surface area (Å²) in [6, 6.07) is 1.60. The van der Waals surface area contributed by atoms with Gasteiger partial charge in [0.05, 0.1) is 6.61 Å². The summed E-state index contributed by atoms with van der Waals surface area (Å²) in [4.78, 5) is 7.79. The molecule has 1 atom stereocenters. The molecule has 0 saturated carbocycles. The minimum Gasteiger partial charge on any atom is -0.396 e. The zero-order chi connectivity index (χ0) is 11.5. The van der Waals surface area contributed by atoms with E-state index in [2.05, 4.69) is 15.3 Å². The lowest BCUT2D eigenvalue weighted by atomic mass is 10.1. The van der Waals surface area contributed by atoms with Crippen LogP contribution in [0.4, 0.5) is 11.8 Å². The van der Waals surface area contributed by atoms with Gasteiger partial charge in [0.2, 0.25) is 5.95 Å². The maximum atomic E-state index is 9.16. The van der Waals surface area contributed by atoms with Gasteiger partial charge < -0.3 is 16.2 Å². The number of allylic oxidation sites excluding steroid dienone is 1. The third kappa shape index (κ3) is 2.43. The highest BCUT2D eigenvalue weighted by Crippen LogP contribution is 2.26. The van der Waals surface area contributed by atoms with Gasteiger partial charge in [0.1, 0.15) is 11.0 Å². The van der Waals surface area contributed by atoms with Gasteiger partial charge in [-0.2, -0.15) is 4.98 Å². The molecule has 4 N–H and O–H groups in total. The Morgan fingerprint density at radius 1 is 1.56 bits per heavy atom. The highest BCUT2D eigenvalue weighted by atomic mass is 35.5. The van der Waals surface area contributed by atoms with Crippen molar-refractivity contribution in [3.05, 3.63) is 23.0 Å². The quantitative estimate of drug-likeness (QED) is 0.696. The second kappa shape index (κ2) is 4.67. The summed E-state index contributed by atoms with van der Waals surface area (Å²) in [7, 11) is 0. The Hall–Kier alpha value is -1.33. The van der Waals surface area contributed by atoms with Crippen LogP contribution < -0.4 is 11.1 Å². The first-order valence-electron chi connectivity index (χ1n) is 5.07. The zero-order valence-electron chi connectivity index (χ0n) is 8.65. The van der Waals surface area contributed by atoms with E-state index in [9.17, 15) is 0 Å². The molecular weight excluding hydrogens is 228 g/mol. The van der Waals surface area contributed by atoms with Gasteiger partial charge in [0.25, 0.3) is 0 Å². The van der Waals surface area contributed by atoms with Crippen LogP contribution in [0.25, 0.3) is 0 Å². The first-order chi connectivity index (χ1) is 7.69. The molecule has 1 aromatic rings. The topological polar surface area (TPSA) is 84.1 Å². The second-order valence-electron chi connectivity index (χ2n) is 3.68. The van der Waals surface area contributed by atoms with Crippen LogP contribution in [0.3, 0.4) is 0 Å². The summed E-state index contributed by atoms with van der Waals surface area (Å²) in [5.41, 5.74) is 6.45. The zero-order valence-corrected chi connectivity index (χ0v) is 9.41. The van der Waals surface area contributed by atoms with Gasteiger partial charge in [-0.05, 0) is 12.8 Å². The van der Waals surface area contributed by atoms with Crippen LogP contribution in [0, 0.1) is 5.92 Å². The molecule has 0 bridgehead atoms. The lowest BCUT2D eigenvalue weighted by molar-refractivity contribution is 0.246. The Bertz CT molecular complexity index is 401. The van der Waals surface area contributed by atoms with E-state index < -0.39 is 0 Å². The maximum absolute atomic E-state index is 9.16. The predicted molar refractivity (Wildman–Crippen MR) is 63.0 cm³/mol. The van der Waals surface area contributed by atoms with Crippen molar-refractivity contribution < 1.29 is 5.11 Å². The SMILES string of the molecule is Nc1nc(Cl)cc(NC2=CCC[C@@H]2CO)n1. The molecule has 0 saturated heterocycles. The molecule has 16 heavy (non-hydrogen) atoms. The van der Waals surface area contributed by atoms with Crippen LogP contribution in [-0.2, 0) is 0 Å². The molecule has 2 rings (SSSR count). The molecule has 86 valence electrons. The first kappa shape index (κ1) is 11.2. The Morgan fingerprint density at radius 2 is 2.38 bits per heavy atom. The lowest BCUT2D eigenvalue weighted by Crippen LogP contribution is -2.13. The number of nitrogens with two attached hydrogens (primary N) is 1. The number of nitrogen functional groups attached to an aromatic ring is 1. The van der Waals surface area contributed by atoms with Gasteiger partial charge in [-0.25, -0.2) is 4.98 Å². The van der Waals surface area contributed by atoms with Crippen molar-refractivity contribution in [1.29, 1.82) is 0 Å². The van der Waals surface area contributed by atoms with Gasteiger partial charge >= 0.3 is 0 Å². The molecule has 0 spiro atoms. The lowest BCUT2D eigenvalue weighted by Gasteiger charge is -2.13. The number of halogens is 1. The van der Waals surface area contributed by atoms with E-state index in [0.717, 1.165) is 18.5 Å². The van der Waals surface area contributed by atoms with Crippen LogP contribution >= 0.6 is 11.6 Å². The second-order valence-corrected chi connectivity index (χ2v) is 4.06. The van der Waals surface area contributed by atoms with E-state index in [0.29, 0.717) is 11.0 Å². The number of nitrogens with one attached hydrogen (secondary N) is 1. The molecular formula is C10H13ClN4O.